The molecule has 78 valence electrons. The van der Waals surface area contributed by atoms with Gasteiger partial charge in [-0.1, -0.05) is 30.5 Å². The molecule has 0 N–H and O–H groups in total. The van der Waals surface area contributed by atoms with Gasteiger partial charge in [0.15, 0.2) is 4.85 Å². The lowest BCUT2D eigenvalue weighted by Crippen LogP contribution is -2.22. The summed E-state index contributed by atoms with van der Waals surface area (Å²) in [6, 6.07) is 6.89. The lowest BCUT2D eigenvalue weighted by molar-refractivity contribution is -0.531. The highest BCUT2D eigenvalue weighted by Crippen LogP contribution is 2.02. The van der Waals surface area contributed by atoms with Crippen LogP contribution in [-0.4, -0.2) is 21.9 Å². The summed E-state index contributed by atoms with van der Waals surface area (Å²) in [5.74, 6) is 0. The average molecular weight is 206 g/mol. The summed E-state index contributed by atoms with van der Waals surface area (Å²) in [5, 5.41) is 7.71. The molecule has 2 rings (SSSR count). The summed E-state index contributed by atoms with van der Waals surface area (Å²) in [5.41, 5.74) is 0.182. The molecule has 0 radical (unpaired) electrons. The molecule has 0 atom stereocenters. The van der Waals surface area contributed by atoms with Gasteiger partial charge < -0.3 is 0 Å². The molecule has 1 aromatic carbocycles. The molecule has 0 spiro atoms. The topological polar surface area (TPSA) is 59.1 Å². The molecule has 0 unspecified atom stereocenters. The van der Waals surface area contributed by atoms with Gasteiger partial charge in [0.1, 0.15) is 5.52 Å². The highest BCUT2D eigenvalue weighted by Gasteiger charge is 2.08. The molecule has 1 aromatic heterocycles. The largest absolute Gasteiger partial charge is 0.369 e. The first-order valence-corrected chi connectivity index (χ1v) is 4.60. The van der Waals surface area contributed by atoms with E-state index in [9.17, 15) is 4.79 Å². The van der Waals surface area contributed by atoms with Gasteiger partial charge >= 0.3 is 12.3 Å². The Morgan fingerprint density at radius 1 is 1.33 bits per heavy atom. The van der Waals surface area contributed by atoms with Crippen molar-refractivity contribution in [2.75, 3.05) is 0 Å². The molecule has 5 heteroatoms. The quantitative estimate of drug-likeness (QED) is 0.652. The summed E-state index contributed by atoms with van der Waals surface area (Å²) in [4.78, 5) is 12.2. The van der Waals surface area contributed by atoms with Crippen molar-refractivity contribution in [1.82, 2.24) is 15.2 Å². The van der Waals surface area contributed by atoms with Crippen molar-refractivity contribution in [2.24, 2.45) is 0 Å². The van der Waals surface area contributed by atoms with E-state index in [0.717, 1.165) is 4.85 Å². The molecule has 1 heterocycles. The van der Waals surface area contributed by atoms with Crippen molar-refractivity contribution in [2.45, 2.75) is 13.8 Å². The Labute approximate surface area is 86.6 Å². The maximum atomic E-state index is 11.5. The van der Waals surface area contributed by atoms with E-state index in [0.29, 0.717) is 10.9 Å². The van der Waals surface area contributed by atoms with Crippen LogP contribution in [0.5, 0.6) is 0 Å². The van der Waals surface area contributed by atoms with Gasteiger partial charge in [0, 0.05) is 5.21 Å². The van der Waals surface area contributed by atoms with Crippen LogP contribution in [0.15, 0.2) is 29.1 Å². The number of aromatic nitrogens is 3. The molecule has 0 fully saturated rings. The van der Waals surface area contributed by atoms with Gasteiger partial charge in [-0.2, -0.15) is 0 Å². The smallest absolute Gasteiger partial charge is 0.258 e. The minimum atomic E-state index is -0.361. The fourth-order valence-electron chi connectivity index (χ4n) is 1.06. The number of rotatable bonds is 1. The van der Waals surface area contributed by atoms with E-state index in [1.165, 1.54) is 0 Å². The van der Waals surface area contributed by atoms with E-state index in [1.807, 2.05) is 13.8 Å². The molecule has 15 heavy (non-hydrogen) atoms. The summed E-state index contributed by atoms with van der Waals surface area (Å²) >= 11 is 0. The lowest BCUT2D eigenvalue weighted by Gasteiger charge is -1.90. The Morgan fingerprint density at radius 3 is 2.67 bits per heavy atom. The zero-order valence-electron chi connectivity index (χ0n) is 8.67. The predicted octanol–water partition coefficient (Wildman–Crippen LogP) is 0.945. The van der Waals surface area contributed by atoms with Gasteiger partial charge in [0.05, 0.1) is 5.39 Å². The number of carbonyl (C=O) groups excluding carboxylic acids is 1. The number of benzene rings is 1. The van der Waals surface area contributed by atoms with E-state index in [4.69, 9.17) is 0 Å². The van der Waals surface area contributed by atoms with Gasteiger partial charge in [-0.05, 0) is 12.1 Å². The van der Waals surface area contributed by atoms with Gasteiger partial charge in [-0.3, -0.25) is 4.79 Å². The van der Waals surface area contributed by atoms with Gasteiger partial charge in [-0.15, -0.1) is 5.10 Å². The van der Waals surface area contributed by atoms with Crippen LogP contribution in [0.3, 0.4) is 0 Å². The summed E-state index contributed by atoms with van der Waals surface area (Å²) in [6.07, 6.45) is 0. The predicted molar refractivity (Wildman–Crippen MR) is 57.7 cm³/mol. The molecule has 0 aliphatic rings. The Bertz CT molecular complexity index is 519. The Hall–Kier alpha value is -2.04. The van der Waals surface area contributed by atoms with Crippen LogP contribution >= 0.6 is 0 Å². The number of hydrogen-bond donors (Lipinski definition) is 0. The van der Waals surface area contributed by atoms with Crippen molar-refractivity contribution in [3.8, 4) is 0 Å². The summed E-state index contributed by atoms with van der Waals surface area (Å²) in [6.45, 7) is 7.08. The first-order chi connectivity index (χ1) is 7.33. The molecule has 2 aromatic rings. The minimum absolute atomic E-state index is 0.361. The second kappa shape index (κ2) is 4.99. The maximum Gasteiger partial charge on any atom is 0.369 e. The van der Waals surface area contributed by atoms with E-state index in [2.05, 4.69) is 21.6 Å². The number of nitrogens with zero attached hydrogens (tertiary/aromatic N) is 3. The first-order valence-electron chi connectivity index (χ1n) is 4.60. The Kier molecular flexibility index (Phi) is 3.68. The number of hydrogen-bond acceptors (Lipinski definition) is 3. The molecule has 5 nitrogen and oxygen atoms in total. The van der Waals surface area contributed by atoms with Crippen LogP contribution < -0.4 is 5.56 Å². The summed E-state index contributed by atoms with van der Waals surface area (Å²) < 4.78 is 4.43. The Morgan fingerprint density at radius 2 is 2.00 bits per heavy atom. The van der Waals surface area contributed by atoms with Crippen molar-refractivity contribution < 1.29 is 4.53 Å². The molecular weight excluding hydrogens is 194 g/mol. The fraction of sp³-hybridized carbons (Fsp3) is 0.200. The van der Waals surface area contributed by atoms with Gasteiger partial charge in [0.2, 0.25) is 0 Å². The molecule has 0 bridgehead atoms. The molecule has 0 saturated heterocycles. The molecular formula is C10H12N3O2+. The molecule has 0 saturated carbocycles. The van der Waals surface area contributed by atoms with Crippen LogP contribution in [-0.2, 0) is 4.53 Å². The van der Waals surface area contributed by atoms with E-state index in [-0.39, 0.29) is 5.56 Å². The SMILES string of the molecule is C=[O+]n1nnc2ccccc2c1=O.CC. The van der Waals surface area contributed by atoms with Crippen LogP contribution in [0.2, 0.25) is 0 Å². The Balaban J connectivity index is 0.000000531. The van der Waals surface area contributed by atoms with Gasteiger partial charge in [0.25, 0.3) is 0 Å². The van der Waals surface area contributed by atoms with Crippen LogP contribution in [0, 0.1) is 0 Å². The van der Waals surface area contributed by atoms with Crippen molar-refractivity contribution in [3.05, 3.63) is 34.6 Å². The number of fused-ring (bicyclic) bond motifs is 1. The monoisotopic (exact) mass is 206 g/mol. The normalized spacial score (nSPS) is 9.20. The first kappa shape index (κ1) is 11.0. The molecule has 0 aliphatic heterocycles. The zero-order valence-corrected chi connectivity index (χ0v) is 8.67. The molecule has 0 amide bonds. The van der Waals surface area contributed by atoms with Crippen molar-refractivity contribution in [1.29, 1.82) is 0 Å². The average Bonchev–Trinajstić information content (AvgIpc) is 2.33. The van der Waals surface area contributed by atoms with E-state index in [1.54, 1.807) is 24.3 Å². The fourth-order valence-corrected chi connectivity index (χ4v) is 1.06. The highest BCUT2D eigenvalue weighted by atomic mass is 16.6. The third-order valence-electron chi connectivity index (χ3n) is 1.66. The van der Waals surface area contributed by atoms with Gasteiger partial charge in [-0.25, -0.2) is 0 Å². The van der Waals surface area contributed by atoms with Crippen molar-refractivity contribution >= 4 is 17.7 Å². The lowest BCUT2D eigenvalue weighted by atomic mass is 10.2. The van der Waals surface area contributed by atoms with Crippen molar-refractivity contribution in [3.63, 3.8) is 0 Å². The second-order valence-corrected chi connectivity index (χ2v) is 2.41. The van der Waals surface area contributed by atoms with Crippen LogP contribution in [0.25, 0.3) is 10.9 Å². The maximum absolute atomic E-state index is 11.5. The summed E-state index contributed by atoms with van der Waals surface area (Å²) in [7, 11) is 0. The van der Waals surface area contributed by atoms with Crippen LogP contribution in [0.1, 0.15) is 13.8 Å². The third kappa shape index (κ3) is 2.07. The standard InChI is InChI=1S/C8H6N3O2.C2H6/c1-13-11-8(12)6-4-2-3-5-7(6)9-10-11;1-2/h2-5H,1H2;1-2H3/q+1;. The highest BCUT2D eigenvalue weighted by molar-refractivity contribution is 5.76. The van der Waals surface area contributed by atoms with Crippen LogP contribution in [0.4, 0.5) is 0 Å². The second-order valence-electron chi connectivity index (χ2n) is 2.41. The third-order valence-corrected chi connectivity index (χ3v) is 1.66. The molecule has 0 aliphatic carbocycles. The van der Waals surface area contributed by atoms with E-state index < -0.39 is 0 Å². The zero-order chi connectivity index (χ0) is 11.3. The minimum Gasteiger partial charge on any atom is -0.258 e. The van der Waals surface area contributed by atoms with E-state index >= 15 is 0 Å².